The first-order valence-electron chi connectivity index (χ1n) is 11.0. The van der Waals surface area contributed by atoms with Crippen LogP contribution in [0.15, 0.2) is 60.7 Å². The summed E-state index contributed by atoms with van der Waals surface area (Å²) in [7, 11) is 0. The van der Waals surface area contributed by atoms with Crippen LogP contribution >= 0.6 is 0 Å². The monoisotopic (exact) mass is 430 g/mol. The number of hydrogen-bond acceptors (Lipinski definition) is 4. The topological polar surface area (TPSA) is 56.4 Å². The maximum Gasteiger partial charge on any atom is 0.247 e. The molecule has 3 N–H and O–H groups in total. The van der Waals surface area contributed by atoms with Crippen LogP contribution in [-0.2, 0) is 17.8 Å². The highest BCUT2D eigenvalue weighted by atomic mass is 19.1. The molecule has 3 aromatic rings. The fraction of sp³-hybridized carbons (Fsp3) is 0.269. The van der Waals surface area contributed by atoms with Gasteiger partial charge in [0.1, 0.15) is 11.9 Å². The highest BCUT2D eigenvalue weighted by molar-refractivity contribution is 5.98. The summed E-state index contributed by atoms with van der Waals surface area (Å²) in [5, 5.41) is 9.53. The minimum Gasteiger partial charge on any atom is -0.373 e. The Bertz CT molecular complexity index is 1110. The van der Waals surface area contributed by atoms with Gasteiger partial charge in [0.05, 0.1) is 0 Å². The van der Waals surface area contributed by atoms with Gasteiger partial charge in [-0.2, -0.15) is 0 Å². The molecule has 0 saturated carbocycles. The number of carbonyl (C=O) groups is 1. The van der Waals surface area contributed by atoms with Crippen LogP contribution in [0.3, 0.4) is 0 Å². The molecule has 1 unspecified atom stereocenters. The summed E-state index contributed by atoms with van der Waals surface area (Å²) in [6.07, 6.45) is 0.350. The Balaban J connectivity index is 1.26. The van der Waals surface area contributed by atoms with Crippen LogP contribution in [-0.4, -0.2) is 36.6 Å². The molecule has 0 aromatic heterocycles. The number of fused-ring (bicyclic) bond motifs is 1. The second-order valence-electron chi connectivity index (χ2n) is 8.60. The van der Waals surface area contributed by atoms with Gasteiger partial charge in [-0.25, -0.2) is 4.39 Å². The largest absolute Gasteiger partial charge is 0.373 e. The molecule has 1 fully saturated rings. The van der Waals surface area contributed by atoms with Crippen LogP contribution < -0.4 is 16.0 Å². The summed E-state index contributed by atoms with van der Waals surface area (Å²) in [5.41, 5.74) is 6.44. The molecule has 0 aliphatic carbocycles. The minimum absolute atomic E-state index is 0.160. The van der Waals surface area contributed by atoms with E-state index in [1.165, 1.54) is 11.6 Å². The van der Waals surface area contributed by atoms with Gasteiger partial charge in [0, 0.05) is 49.7 Å². The normalized spacial score (nSPS) is 17.8. The average molecular weight is 431 g/mol. The van der Waals surface area contributed by atoms with Crippen molar-refractivity contribution in [1.29, 1.82) is 0 Å². The molecule has 0 spiro atoms. The molecule has 0 radical (unpaired) electrons. The predicted molar refractivity (Wildman–Crippen MR) is 126 cm³/mol. The maximum absolute atomic E-state index is 14.1. The highest BCUT2D eigenvalue weighted by Crippen LogP contribution is 2.32. The van der Waals surface area contributed by atoms with Crippen molar-refractivity contribution < 1.29 is 9.18 Å². The van der Waals surface area contributed by atoms with Crippen molar-refractivity contribution in [1.82, 2.24) is 10.2 Å². The third-order valence-electron chi connectivity index (χ3n) is 6.27. The van der Waals surface area contributed by atoms with Crippen LogP contribution in [0.1, 0.15) is 16.7 Å². The molecule has 2 aliphatic heterocycles. The summed E-state index contributed by atoms with van der Waals surface area (Å²) in [4.78, 5) is 15.2. The molecule has 2 heterocycles. The van der Waals surface area contributed by atoms with Crippen molar-refractivity contribution in [3.8, 4) is 11.1 Å². The molecular weight excluding hydrogens is 403 g/mol. The molecule has 32 heavy (non-hydrogen) atoms. The predicted octanol–water partition coefficient (Wildman–Crippen LogP) is 4.14. The van der Waals surface area contributed by atoms with E-state index in [0.717, 1.165) is 54.4 Å². The molecular formula is C26H27FN4O. The smallest absolute Gasteiger partial charge is 0.247 e. The first-order valence-corrected chi connectivity index (χ1v) is 11.0. The molecule has 1 amide bonds. The first kappa shape index (κ1) is 20.7. The molecule has 5 nitrogen and oxygen atoms in total. The molecule has 6 heteroatoms. The van der Waals surface area contributed by atoms with Crippen molar-refractivity contribution in [2.24, 2.45) is 0 Å². The minimum atomic E-state index is -0.483. The lowest BCUT2D eigenvalue weighted by atomic mass is 10.0. The lowest BCUT2D eigenvalue weighted by molar-refractivity contribution is -0.116. The van der Waals surface area contributed by atoms with Gasteiger partial charge >= 0.3 is 0 Å². The van der Waals surface area contributed by atoms with Gasteiger partial charge in [-0.3, -0.25) is 9.69 Å². The van der Waals surface area contributed by atoms with Gasteiger partial charge in [-0.1, -0.05) is 42.5 Å². The van der Waals surface area contributed by atoms with Crippen LogP contribution in [0.4, 0.5) is 15.8 Å². The Morgan fingerprint density at radius 3 is 2.72 bits per heavy atom. The molecule has 164 valence electrons. The van der Waals surface area contributed by atoms with E-state index >= 15 is 0 Å². The zero-order chi connectivity index (χ0) is 22.1. The van der Waals surface area contributed by atoms with Gasteiger partial charge in [0.15, 0.2) is 0 Å². The van der Waals surface area contributed by atoms with Crippen molar-refractivity contribution in [2.75, 3.05) is 30.4 Å². The number of anilines is 2. The van der Waals surface area contributed by atoms with E-state index in [4.69, 9.17) is 0 Å². The maximum atomic E-state index is 14.1. The molecule has 3 aromatic carbocycles. The lowest BCUT2D eigenvalue weighted by Gasteiger charge is -2.15. The third kappa shape index (κ3) is 4.24. The Morgan fingerprint density at radius 1 is 1.12 bits per heavy atom. The third-order valence-corrected chi connectivity index (χ3v) is 6.27. The van der Waals surface area contributed by atoms with E-state index < -0.39 is 6.04 Å². The summed E-state index contributed by atoms with van der Waals surface area (Å²) in [6, 6.07) is 19.1. The number of nitrogens with one attached hydrogen (secondary N) is 3. The zero-order valence-corrected chi connectivity index (χ0v) is 18.1. The Morgan fingerprint density at radius 2 is 1.97 bits per heavy atom. The van der Waals surface area contributed by atoms with Crippen molar-refractivity contribution >= 4 is 17.3 Å². The Kier molecular flexibility index (Phi) is 5.64. The number of aryl methyl sites for hydroxylation is 1. The van der Waals surface area contributed by atoms with Gasteiger partial charge in [0.2, 0.25) is 5.91 Å². The number of benzene rings is 3. The Labute approximate surface area is 187 Å². The second-order valence-corrected chi connectivity index (χ2v) is 8.60. The van der Waals surface area contributed by atoms with Gasteiger partial charge in [0.25, 0.3) is 0 Å². The van der Waals surface area contributed by atoms with E-state index in [1.54, 1.807) is 6.07 Å². The lowest BCUT2D eigenvalue weighted by Crippen LogP contribution is -2.32. The standard InChI is InChI=1S/C26H27FN4O/c1-17-5-10-23(27)22-14-24(30-25(17)22)26(32)29-21-4-2-3-20(13-21)19-8-6-18(7-9-19)15-31-12-11-28-16-31/h2-10,13,24,28,30H,11-12,14-16H2,1H3,(H,29,32). The summed E-state index contributed by atoms with van der Waals surface area (Å²) in [5.74, 6) is -0.424. The SMILES string of the molecule is Cc1ccc(F)c2c1NC(C(=O)Nc1cccc(-c3ccc(CN4CCNC4)cc3)c1)C2. The van der Waals surface area contributed by atoms with Gasteiger partial charge in [-0.15, -0.1) is 0 Å². The van der Waals surface area contributed by atoms with Crippen molar-refractivity contribution in [2.45, 2.75) is 25.9 Å². The van der Waals surface area contributed by atoms with E-state index in [1.807, 2.05) is 31.2 Å². The van der Waals surface area contributed by atoms with E-state index in [9.17, 15) is 9.18 Å². The number of nitrogens with zero attached hydrogens (tertiary/aromatic N) is 1. The van der Waals surface area contributed by atoms with Crippen molar-refractivity contribution in [3.63, 3.8) is 0 Å². The van der Waals surface area contributed by atoms with Gasteiger partial charge < -0.3 is 16.0 Å². The summed E-state index contributed by atoms with van der Waals surface area (Å²) in [6.45, 7) is 5.93. The fourth-order valence-electron chi connectivity index (χ4n) is 4.48. The fourth-order valence-corrected chi connectivity index (χ4v) is 4.48. The first-order chi connectivity index (χ1) is 15.6. The Hall–Kier alpha value is -3.22. The van der Waals surface area contributed by atoms with Crippen molar-refractivity contribution in [3.05, 3.63) is 83.2 Å². The number of halogens is 1. The zero-order valence-electron chi connectivity index (χ0n) is 18.1. The molecule has 5 rings (SSSR count). The van der Waals surface area contributed by atoms with E-state index in [2.05, 4.69) is 45.1 Å². The number of amides is 1. The van der Waals surface area contributed by atoms with Crippen LogP contribution in [0, 0.1) is 12.7 Å². The highest BCUT2D eigenvalue weighted by Gasteiger charge is 2.30. The van der Waals surface area contributed by atoms with Gasteiger partial charge in [-0.05, 0) is 47.4 Å². The van der Waals surface area contributed by atoms with Crippen LogP contribution in [0.25, 0.3) is 11.1 Å². The number of hydrogen-bond donors (Lipinski definition) is 3. The molecule has 1 saturated heterocycles. The molecule has 2 aliphatic rings. The van der Waals surface area contributed by atoms with Crippen LogP contribution in [0.2, 0.25) is 0 Å². The number of rotatable bonds is 5. The summed E-state index contributed by atoms with van der Waals surface area (Å²) >= 11 is 0. The molecule has 0 bridgehead atoms. The van der Waals surface area contributed by atoms with E-state index in [-0.39, 0.29) is 11.7 Å². The van der Waals surface area contributed by atoms with E-state index in [0.29, 0.717) is 12.0 Å². The quantitative estimate of drug-likeness (QED) is 0.570. The molecule has 1 atom stereocenters. The van der Waals surface area contributed by atoms with Crippen LogP contribution in [0.5, 0.6) is 0 Å². The average Bonchev–Trinajstić information content (AvgIpc) is 3.48. The summed E-state index contributed by atoms with van der Waals surface area (Å²) < 4.78 is 14.1. The number of carbonyl (C=O) groups excluding carboxylic acids is 1. The second kappa shape index (κ2) is 8.73.